The number of amides is 2. The summed E-state index contributed by atoms with van der Waals surface area (Å²) in [6.45, 7) is 2.41. The standard InChI is InChI=1S/C20H25N3O3/c1-15(21)11-20(25)23(13-19(22)24)12-16-7-9-18(10-8-16)26-14-17-5-3-2-4-6-17/h2-10,15H,11-14,21H2,1H3,(H2,22,24). The zero-order valence-corrected chi connectivity index (χ0v) is 14.9. The van der Waals surface area contributed by atoms with E-state index in [4.69, 9.17) is 16.2 Å². The molecule has 0 radical (unpaired) electrons. The molecule has 0 saturated carbocycles. The predicted molar refractivity (Wildman–Crippen MR) is 100 cm³/mol. The lowest BCUT2D eigenvalue weighted by Crippen LogP contribution is -2.40. The fourth-order valence-corrected chi connectivity index (χ4v) is 2.48. The molecular weight excluding hydrogens is 330 g/mol. The largest absolute Gasteiger partial charge is 0.489 e. The monoisotopic (exact) mass is 355 g/mol. The molecule has 0 spiro atoms. The number of primary amides is 1. The molecule has 138 valence electrons. The maximum absolute atomic E-state index is 12.2. The van der Waals surface area contributed by atoms with Gasteiger partial charge < -0.3 is 21.1 Å². The number of carbonyl (C=O) groups is 2. The summed E-state index contributed by atoms with van der Waals surface area (Å²) in [4.78, 5) is 24.9. The van der Waals surface area contributed by atoms with Gasteiger partial charge in [0.05, 0.1) is 6.54 Å². The third-order valence-electron chi connectivity index (χ3n) is 3.74. The second-order valence-corrected chi connectivity index (χ2v) is 6.32. The molecule has 0 aliphatic carbocycles. The van der Waals surface area contributed by atoms with Crippen LogP contribution in [0, 0.1) is 0 Å². The first-order chi connectivity index (χ1) is 12.4. The molecule has 2 aromatic rings. The molecular formula is C20H25N3O3. The van der Waals surface area contributed by atoms with Crippen molar-refractivity contribution in [3.63, 3.8) is 0 Å². The van der Waals surface area contributed by atoms with E-state index >= 15 is 0 Å². The van der Waals surface area contributed by atoms with E-state index in [1.165, 1.54) is 4.90 Å². The molecule has 1 unspecified atom stereocenters. The van der Waals surface area contributed by atoms with Crippen molar-refractivity contribution < 1.29 is 14.3 Å². The lowest BCUT2D eigenvalue weighted by atomic mass is 10.1. The number of rotatable bonds is 9. The van der Waals surface area contributed by atoms with Gasteiger partial charge in [-0.2, -0.15) is 0 Å². The molecule has 26 heavy (non-hydrogen) atoms. The van der Waals surface area contributed by atoms with Crippen molar-refractivity contribution in [3.05, 3.63) is 65.7 Å². The Morgan fingerprint density at radius 3 is 2.27 bits per heavy atom. The number of nitrogens with zero attached hydrogens (tertiary/aromatic N) is 1. The minimum absolute atomic E-state index is 0.127. The van der Waals surface area contributed by atoms with E-state index in [0.29, 0.717) is 13.2 Å². The Morgan fingerprint density at radius 2 is 1.69 bits per heavy atom. The second kappa shape index (κ2) is 9.58. The third-order valence-corrected chi connectivity index (χ3v) is 3.74. The van der Waals surface area contributed by atoms with E-state index in [1.807, 2.05) is 54.6 Å². The summed E-state index contributed by atoms with van der Waals surface area (Å²) in [6.07, 6.45) is 0.172. The Kier molecular flexibility index (Phi) is 7.17. The van der Waals surface area contributed by atoms with Gasteiger partial charge >= 0.3 is 0 Å². The summed E-state index contributed by atoms with van der Waals surface area (Å²) in [6, 6.07) is 17.0. The molecule has 1 atom stereocenters. The number of hydrogen-bond donors (Lipinski definition) is 2. The van der Waals surface area contributed by atoms with E-state index in [0.717, 1.165) is 16.9 Å². The van der Waals surface area contributed by atoms with E-state index in [9.17, 15) is 9.59 Å². The first-order valence-corrected chi connectivity index (χ1v) is 8.51. The van der Waals surface area contributed by atoms with Crippen LogP contribution in [0.15, 0.2) is 54.6 Å². The van der Waals surface area contributed by atoms with Gasteiger partial charge in [0.15, 0.2) is 0 Å². The molecule has 4 N–H and O–H groups in total. The average molecular weight is 355 g/mol. The quantitative estimate of drug-likeness (QED) is 0.717. The van der Waals surface area contributed by atoms with Gasteiger partial charge in [0.1, 0.15) is 12.4 Å². The van der Waals surface area contributed by atoms with Crippen LogP contribution in [0.2, 0.25) is 0 Å². The van der Waals surface area contributed by atoms with Gasteiger partial charge in [-0.15, -0.1) is 0 Å². The molecule has 0 heterocycles. The number of carbonyl (C=O) groups excluding carboxylic acids is 2. The van der Waals surface area contributed by atoms with Crippen molar-refractivity contribution in [2.24, 2.45) is 11.5 Å². The fourth-order valence-electron chi connectivity index (χ4n) is 2.48. The van der Waals surface area contributed by atoms with E-state index in [1.54, 1.807) is 6.92 Å². The molecule has 6 heteroatoms. The molecule has 0 fully saturated rings. The van der Waals surface area contributed by atoms with Gasteiger partial charge in [0.25, 0.3) is 0 Å². The Hall–Kier alpha value is -2.86. The maximum Gasteiger partial charge on any atom is 0.237 e. The highest BCUT2D eigenvalue weighted by atomic mass is 16.5. The van der Waals surface area contributed by atoms with E-state index in [-0.39, 0.29) is 24.9 Å². The smallest absolute Gasteiger partial charge is 0.237 e. The fraction of sp³-hybridized carbons (Fsp3) is 0.300. The van der Waals surface area contributed by atoms with Gasteiger partial charge in [-0.05, 0) is 30.2 Å². The molecule has 0 aliphatic heterocycles. The summed E-state index contributed by atoms with van der Waals surface area (Å²) in [5.41, 5.74) is 12.9. The van der Waals surface area contributed by atoms with Crippen LogP contribution >= 0.6 is 0 Å². The van der Waals surface area contributed by atoms with Gasteiger partial charge in [0.2, 0.25) is 11.8 Å². The molecule has 2 rings (SSSR count). The lowest BCUT2D eigenvalue weighted by molar-refractivity contribution is -0.136. The van der Waals surface area contributed by atoms with Gasteiger partial charge in [-0.1, -0.05) is 42.5 Å². The highest BCUT2D eigenvalue weighted by Crippen LogP contribution is 2.16. The van der Waals surface area contributed by atoms with Crippen LogP contribution in [0.1, 0.15) is 24.5 Å². The zero-order chi connectivity index (χ0) is 18.9. The first kappa shape index (κ1) is 19.5. The minimum Gasteiger partial charge on any atom is -0.489 e. The van der Waals surface area contributed by atoms with Crippen LogP contribution in [0.4, 0.5) is 0 Å². The predicted octanol–water partition coefficient (Wildman–Crippen LogP) is 1.82. The molecule has 0 aliphatic rings. The number of hydrogen-bond acceptors (Lipinski definition) is 4. The van der Waals surface area contributed by atoms with Crippen LogP contribution < -0.4 is 16.2 Å². The molecule has 0 bridgehead atoms. The van der Waals surface area contributed by atoms with Crippen molar-refractivity contribution in [3.8, 4) is 5.75 Å². The summed E-state index contributed by atoms with van der Waals surface area (Å²) >= 11 is 0. The summed E-state index contributed by atoms with van der Waals surface area (Å²) in [5.74, 6) is -0.00463. The highest BCUT2D eigenvalue weighted by molar-refractivity contribution is 5.84. The van der Waals surface area contributed by atoms with Crippen molar-refractivity contribution >= 4 is 11.8 Å². The normalized spacial score (nSPS) is 11.6. The number of benzene rings is 2. The van der Waals surface area contributed by atoms with Crippen LogP contribution in [0.25, 0.3) is 0 Å². The topological polar surface area (TPSA) is 98.7 Å². The Labute approximate surface area is 153 Å². The first-order valence-electron chi connectivity index (χ1n) is 8.51. The van der Waals surface area contributed by atoms with Crippen molar-refractivity contribution in [1.29, 1.82) is 0 Å². The zero-order valence-electron chi connectivity index (χ0n) is 14.9. The maximum atomic E-state index is 12.2. The second-order valence-electron chi connectivity index (χ2n) is 6.32. The van der Waals surface area contributed by atoms with Crippen molar-refractivity contribution in [1.82, 2.24) is 4.90 Å². The molecule has 6 nitrogen and oxygen atoms in total. The minimum atomic E-state index is -0.550. The average Bonchev–Trinajstić information content (AvgIpc) is 2.60. The van der Waals surface area contributed by atoms with Crippen LogP contribution in [0.5, 0.6) is 5.75 Å². The molecule has 0 saturated heterocycles. The third kappa shape index (κ3) is 6.57. The van der Waals surface area contributed by atoms with Gasteiger partial charge in [-0.25, -0.2) is 0 Å². The van der Waals surface area contributed by atoms with Crippen molar-refractivity contribution in [2.75, 3.05) is 6.54 Å². The number of nitrogens with two attached hydrogens (primary N) is 2. The Morgan fingerprint density at radius 1 is 1.04 bits per heavy atom. The molecule has 2 amide bonds. The van der Waals surface area contributed by atoms with Crippen LogP contribution in [-0.2, 0) is 22.7 Å². The van der Waals surface area contributed by atoms with Gasteiger partial charge in [0, 0.05) is 19.0 Å². The Bertz CT molecular complexity index is 715. The SMILES string of the molecule is CC(N)CC(=O)N(CC(N)=O)Cc1ccc(OCc2ccccc2)cc1. The molecule has 2 aromatic carbocycles. The summed E-state index contributed by atoms with van der Waals surface area (Å²) in [5, 5.41) is 0. The lowest BCUT2D eigenvalue weighted by Gasteiger charge is -2.22. The molecule has 0 aromatic heterocycles. The summed E-state index contributed by atoms with van der Waals surface area (Å²) < 4.78 is 5.75. The highest BCUT2D eigenvalue weighted by Gasteiger charge is 2.17. The van der Waals surface area contributed by atoms with E-state index < -0.39 is 5.91 Å². The van der Waals surface area contributed by atoms with Gasteiger partial charge in [-0.3, -0.25) is 9.59 Å². The summed E-state index contributed by atoms with van der Waals surface area (Å²) in [7, 11) is 0. The van der Waals surface area contributed by atoms with Crippen molar-refractivity contribution in [2.45, 2.75) is 32.5 Å². The number of ether oxygens (including phenoxy) is 1. The van der Waals surface area contributed by atoms with Crippen LogP contribution in [-0.4, -0.2) is 29.3 Å². The van der Waals surface area contributed by atoms with Crippen LogP contribution in [0.3, 0.4) is 0 Å². The Balaban J connectivity index is 1.96. The van der Waals surface area contributed by atoms with E-state index in [2.05, 4.69) is 0 Å².